The van der Waals surface area contributed by atoms with Crippen molar-refractivity contribution in [2.45, 2.75) is 6.42 Å². The molecule has 0 atom stereocenters. The number of nitrogens with one attached hydrogen (secondary N) is 1. The maximum atomic E-state index is 12.0. The fourth-order valence-electron chi connectivity index (χ4n) is 2.08. The van der Waals surface area contributed by atoms with Crippen molar-refractivity contribution in [3.63, 3.8) is 0 Å². The number of carbonyl (C=O) groups is 1. The van der Waals surface area contributed by atoms with Crippen LogP contribution in [0.15, 0.2) is 48.5 Å². The van der Waals surface area contributed by atoms with Gasteiger partial charge in [-0.05, 0) is 36.4 Å². The normalized spacial score (nSPS) is 11.1. The summed E-state index contributed by atoms with van der Waals surface area (Å²) in [6.07, 6.45) is 1.06. The second-order valence-corrected chi connectivity index (χ2v) is 7.84. The average Bonchev–Trinajstić information content (AvgIpc) is 2.50. The molecule has 0 spiro atoms. The average molecular weight is 387 g/mol. The highest BCUT2D eigenvalue weighted by molar-refractivity contribution is 7.92. The van der Waals surface area contributed by atoms with Gasteiger partial charge >= 0.3 is 0 Å². The van der Waals surface area contributed by atoms with Crippen molar-refractivity contribution in [3.8, 4) is 0 Å². The van der Waals surface area contributed by atoms with Gasteiger partial charge in [-0.1, -0.05) is 35.3 Å². The third-order valence-electron chi connectivity index (χ3n) is 3.19. The van der Waals surface area contributed by atoms with Crippen molar-refractivity contribution in [3.05, 3.63) is 58.6 Å². The van der Waals surface area contributed by atoms with Crippen molar-refractivity contribution >= 4 is 50.5 Å². The van der Waals surface area contributed by atoms with Gasteiger partial charge < -0.3 is 5.32 Å². The molecule has 2 aromatic rings. The van der Waals surface area contributed by atoms with E-state index in [0.29, 0.717) is 21.4 Å². The summed E-state index contributed by atoms with van der Waals surface area (Å²) in [7, 11) is -3.56. The molecule has 2 rings (SSSR count). The third-order valence-corrected chi connectivity index (χ3v) is 4.94. The van der Waals surface area contributed by atoms with Crippen LogP contribution >= 0.6 is 23.2 Å². The zero-order valence-electron chi connectivity index (χ0n) is 12.9. The molecule has 1 N–H and O–H groups in total. The second kappa shape index (κ2) is 7.88. The van der Waals surface area contributed by atoms with E-state index < -0.39 is 10.0 Å². The number of hydrogen-bond donors (Lipinski definition) is 1. The van der Waals surface area contributed by atoms with E-state index in [1.165, 1.54) is 0 Å². The molecule has 0 radical (unpaired) electrons. The van der Waals surface area contributed by atoms with Gasteiger partial charge in [0.1, 0.15) is 0 Å². The van der Waals surface area contributed by atoms with Gasteiger partial charge in [-0.25, -0.2) is 8.42 Å². The molecule has 0 fully saturated rings. The molecule has 0 saturated carbocycles. The minimum absolute atomic E-state index is 0.0119. The zero-order valence-corrected chi connectivity index (χ0v) is 15.2. The topological polar surface area (TPSA) is 66.5 Å². The number of benzene rings is 2. The lowest BCUT2D eigenvalue weighted by Crippen LogP contribution is -2.33. The lowest BCUT2D eigenvalue weighted by atomic mass is 10.3. The van der Waals surface area contributed by atoms with E-state index in [9.17, 15) is 13.2 Å². The summed E-state index contributed by atoms with van der Waals surface area (Å²) in [6, 6.07) is 13.2. The molecule has 0 heterocycles. The molecule has 0 aliphatic rings. The number of carbonyl (C=O) groups excluding carboxylic acids is 1. The molecular formula is C16H16Cl2N2O3S. The highest BCUT2D eigenvalue weighted by Crippen LogP contribution is 2.27. The summed E-state index contributed by atoms with van der Waals surface area (Å²) >= 11 is 11.9. The van der Waals surface area contributed by atoms with Gasteiger partial charge in [-0.2, -0.15) is 0 Å². The van der Waals surface area contributed by atoms with E-state index in [-0.39, 0.29) is 18.9 Å². The molecular weight excluding hydrogens is 371 g/mol. The summed E-state index contributed by atoms with van der Waals surface area (Å²) < 4.78 is 25.1. The quantitative estimate of drug-likeness (QED) is 0.820. The molecule has 1 amide bonds. The standard InChI is InChI=1S/C16H16Cl2N2O3S/c1-24(22,23)20(15-5-3-2-4-14(15)18)11-10-16(21)19-13-8-6-12(17)7-9-13/h2-9H,10-11H2,1H3,(H,19,21). The second-order valence-electron chi connectivity index (χ2n) is 5.09. The number of anilines is 2. The molecule has 0 saturated heterocycles. The zero-order chi connectivity index (χ0) is 17.7. The van der Waals surface area contributed by atoms with E-state index in [2.05, 4.69) is 5.32 Å². The number of amides is 1. The SMILES string of the molecule is CS(=O)(=O)N(CCC(=O)Nc1ccc(Cl)cc1)c1ccccc1Cl. The predicted molar refractivity (Wildman–Crippen MR) is 98.3 cm³/mol. The molecule has 0 aliphatic heterocycles. The first kappa shape index (κ1) is 18.6. The van der Waals surface area contributed by atoms with Crippen LogP contribution in [0.2, 0.25) is 10.0 Å². The summed E-state index contributed by atoms with van der Waals surface area (Å²) in [4.78, 5) is 12.0. The van der Waals surface area contributed by atoms with Crippen LogP contribution in [0.4, 0.5) is 11.4 Å². The Hall–Kier alpha value is -1.76. The number of sulfonamides is 1. The van der Waals surface area contributed by atoms with Gasteiger partial charge in [0.25, 0.3) is 0 Å². The summed E-state index contributed by atoms with van der Waals surface area (Å²) in [5.74, 6) is -0.307. The van der Waals surface area contributed by atoms with Crippen molar-refractivity contribution in [2.75, 3.05) is 22.4 Å². The van der Waals surface area contributed by atoms with Crippen LogP contribution in [0.3, 0.4) is 0 Å². The van der Waals surface area contributed by atoms with E-state index >= 15 is 0 Å². The minimum Gasteiger partial charge on any atom is -0.326 e. The largest absolute Gasteiger partial charge is 0.326 e. The van der Waals surface area contributed by atoms with Crippen molar-refractivity contribution < 1.29 is 13.2 Å². The number of halogens is 2. The molecule has 0 aromatic heterocycles. The van der Waals surface area contributed by atoms with E-state index in [0.717, 1.165) is 10.6 Å². The monoisotopic (exact) mass is 386 g/mol. The lowest BCUT2D eigenvalue weighted by Gasteiger charge is -2.23. The highest BCUT2D eigenvalue weighted by atomic mass is 35.5. The van der Waals surface area contributed by atoms with Crippen LogP contribution in [0, 0.1) is 0 Å². The summed E-state index contributed by atoms with van der Waals surface area (Å²) in [5.41, 5.74) is 0.939. The molecule has 0 aliphatic carbocycles. The van der Waals surface area contributed by atoms with Crippen molar-refractivity contribution in [1.82, 2.24) is 0 Å². The Morgan fingerprint density at radius 1 is 1.08 bits per heavy atom. The van der Waals surface area contributed by atoms with Gasteiger partial charge in [0, 0.05) is 23.7 Å². The van der Waals surface area contributed by atoms with Crippen LogP contribution in [-0.4, -0.2) is 27.1 Å². The molecule has 0 unspecified atom stereocenters. The van der Waals surface area contributed by atoms with Gasteiger partial charge in [0.15, 0.2) is 0 Å². The van der Waals surface area contributed by atoms with Crippen LogP contribution in [0.1, 0.15) is 6.42 Å². The molecule has 0 bridgehead atoms. The smallest absolute Gasteiger partial charge is 0.232 e. The summed E-state index contributed by atoms with van der Waals surface area (Å²) in [6.45, 7) is -0.0119. The van der Waals surface area contributed by atoms with E-state index in [4.69, 9.17) is 23.2 Å². The van der Waals surface area contributed by atoms with Crippen molar-refractivity contribution in [1.29, 1.82) is 0 Å². The van der Waals surface area contributed by atoms with Gasteiger partial charge in [0.2, 0.25) is 15.9 Å². The number of nitrogens with zero attached hydrogens (tertiary/aromatic N) is 1. The predicted octanol–water partition coefficient (Wildman–Crippen LogP) is 3.79. The summed E-state index contributed by atoms with van der Waals surface area (Å²) in [5, 5.41) is 3.56. The van der Waals surface area contributed by atoms with Gasteiger partial charge in [-0.15, -0.1) is 0 Å². The molecule has 24 heavy (non-hydrogen) atoms. The maximum absolute atomic E-state index is 12.0. The molecule has 128 valence electrons. The molecule has 5 nitrogen and oxygen atoms in total. The Bertz CT molecular complexity index is 823. The minimum atomic E-state index is -3.56. The van der Waals surface area contributed by atoms with Gasteiger partial charge in [-0.3, -0.25) is 9.10 Å². The Morgan fingerprint density at radius 2 is 1.71 bits per heavy atom. The number of hydrogen-bond acceptors (Lipinski definition) is 3. The molecule has 2 aromatic carbocycles. The third kappa shape index (κ3) is 5.12. The fourth-order valence-corrected chi connectivity index (χ4v) is 3.43. The Morgan fingerprint density at radius 3 is 2.29 bits per heavy atom. The molecule has 8 heteroatoms. The van der Waals surface area contributed by atoms with Crippen LogP contribution < -0.4 is 9.62 Å². The Labute approximate surface area is 151 Å². The Kier molecular flexibility index (Phi) is 6.10. The fraction of sp³-hybridized carbons (Fsp3) is 0.188. The maximum Gasteiger partial charge on any atom is 0.232 e. The number of para-hydroxylation sites is 1. The van der Waals surface area contributed by atoms with Crippen molar-refractivity contribution in [2.24, 2.45) is 0 Å². The first-order valence-corrected chi connectivity index (χ1v) is 9.65. The van der Waals surface area contributed by atoms with E-state index in [1.807, 2.05) is 0 Å². The Balaban J connectivity index is 2.07. The van der Waals surface area contributed by atoms with Crippen LogP contribution in [-0.2, 0) is 14.8 Å². The first-order valence-electron chi connectivity index (χ1n) is 7.05. The van der Waals surface area contributed by atoms with Crippen LogP contribution in [0.25, 0.3) is 0 Å². The highest BCUT2D eigenvalue weighted by Gasteiger charge is 2.20. The number of rotatable bonds is 6. The lowest BCUT2D eigenvalue weighted by molar-refractivity contribution is -0.116. The van der Waals surface area contributed by atoms with E-state index in [1.54, 1.807) is 48.5 Å². The first-order chi connectivity index (χ1) is 11.3. The van der Waals surface area contributed by atoms with Gasteiger partial charge in [0.05, 0.1) is 17.0 Å². The van der Waals surface area contributed by atoms with Crippen LogP contribution in [0.5, 0.6) is 0 Å².